The maximum Gasteiger partial charge on any atom is 0.325 e. The van der Waals surface area contributed by atoms with E-state index in [1.54, 1.807) is 11.3 Å². The summed E-state index contributed by atoms with van der Waals surface area (Å²) in [5.74, 6) is -0.583. The van der Waals surface area contributed by atoms with Crippen molar-refractivity contribution in [3.63, 3.8) is 0 Å². The molecule has 2 aliphatic carbocycles. The van der Waals surface area contributed by atoms with E-state index in [1.165, 1.54) is 12.0 Å². The third-order valence-electron chi connectivity index (χ3n) is 7.46. The van der Waals surface area contributed by atoms with Gasteiger partial charge < -0.3 is 10.6 Å². The van der Waals surface area contributed by atoms with Crippen LogP contribution in [0.4, 0.5) is 4.79 Å². The van der Waals surface area contributed by atoms with Gasteiger partial charge in [-0.15, -0.1) is 11.3 Å². The van der Waals surface area contributed by atoms with E-state index in [0.717, 1.165) is 53.9 Å². The summed E-state index contributed by atoms with van der Waals surface area (Å²) in [5, 5.41) is 7.95. The Morgan fingerprint density at radius 3 is 2.59 bits per heavy atom. The van der Waals surface area contributed by atoms with Crippen molar-refractivity contribution in [1.82, 2.24) is 15.5 Å². The van der Waals surface area contributed by atoms with Gasteiger partial charge in [-0.2, -0.15) is 0 Å². The average molecular weight is 452 g/mol. The molecular formula is C25H29N3O3S. The highest BCUT2D eigenvalue weighted by Gasteiger charge is 2.54. The molecule has 7 heteroatoms. The Labute approximate surface area is 192 Å². The molecule has 2 heterocycles. The number of hydrogen-bond acceptors (Lipinski definition) is 4. The van der Waals surface area contributed by atoms with Gasteiger partial charge in [-0.3, -0.25) is 14.5 Å². The van der Waals surface area contributed by atoms with E-state index >= 15 is 0 Å². The standard InChI is InChI=1S/C25H29N3O3S/c29-21(26-17-24(12-5-2-6-13-24)18-8-3-1-4-9-18)16-28-22(30)25(27-23(28)31)14-7-10-20-19(25)11-15-32-20/h1,3-4,8-9,11,15H,2,5-7,10,12-14,16-17H2,(H,26,29)(H,27,31). The average Bonchev–Trinajstić information content (AvgIpc) is 3.40. The maximum atomic E-state index is 13.3. The number of rotatable bonds is 5. The van der Waals surface area contributed by atoms with Crippen LogP contribution in [0.25, 0.3) is 0 Å². The first-order valence-corrected chi connectivity index (χ1v) is 12.5. The molecule has 1 saturated heterocycles. The highest BCUT2D eigenvalue weighted by atomic mass is 32.1. The van der Waals surface area contributed by atoms with Crippen LogP contribution >= 0.6 is 11.3 Å². The first-order valence-electron chi connectivity index (χ1n) is 11.6. The van der Waals surface area contributed by atoms with Gasteiger partial charge >= 0.3 is 6.03 Å². The van der Waals surface area contributed by atoms with Crippen LogP contribution < -0.4 is 10.6 Å². The summed E-state index contributed by atoms with van der Waals surface area (Å²) in [6.07, 6.45) is 7.93. The molecule has 2 fully saturated rings. The molecule has 1 aromatic carbocycles. The second-order valence-corrected chi connectivity index (χ2v) is 10.3. The highest BCUT2D eigenvalue weighted by molar-refractivity contribution is 7.10. The molecule has 2 N–H and O–H groups in total. The number of amides is 4. The molecule has 32 heavy (non-hydrogen) atoms. The van der Waals surface area contributed by atoms with Crippen LogP contribution in [-0.2, 0) is 27.0 Å². The fraction of sp³-hybridized carbons (Fsp3) is 0.480. The van der Waals surface area contributed by atoms with Crippen LogP contribution in [0, 0.1) is 0 Å². The second-order valence-electron chi connectivity index (χ2n) is 9.32. The molecule has 0 radical (unpaired) electrons. The third-order valence-corrected chi connectivity index (χ3v) is 8.44. The zero-order valence-electron chi connectivity index (χ0n) is 18.2. The Morgan fingerprint density at radius 1 is 1.03 bits per heavy atom. The molecule has 1 spiro atoms. The van der Waals surface area contributed by atoms with Crippen molar-refractivity contribution in [3.05, 3.63) is 57.8 Å². The molecule has 1 aliphatic heterocycles. The number of thiophene rings is 1. The van der Waals surface area contributed by atoms with Gasteiger partial charge in [0.25, 0.3) is 5.91 Å². The van der Waals surface area contributed by atoms with Crippen LogP contribution in [0.1, 0.15) is 60.9 Å². The van der Waals surface area contributed by atoms with E-state index in [2.05, 4.69) is 22.8 Å². The molecule has 0 bridgehead atoms. The predicted octanol–water partition coefficient (Wildman–Crippen LogP) is 3.85. The number of carbonyl (C=O) groups excluding carboxylic acids is 3. The fourth-order valence-electron chi connectivity index (χ4n) is 5.74. The topological polar surface area (TPSA) is 78.5 Å². The van der Waals surface area contributed by atoms with E-state index in [-0.39, 0.29) is 23.8 Å². The van der Waals surface area contributed by atoms with Gasteiger partial charge in [-0.25, -0.2) is 4.79 Å². The zero-order chi connectivity index (χ0) is 22.2. The van der Waals surface area contributed by atoms with Gasteiger partial charge in [0.1, 0.15) is 12.1 Å². The Morgan fingerprint density at radius 2 is 1.81 bits per heavy atom. The lowest BCUT2D eigenvalue weighted by molar-refractivity contribution is -0.135. The number of benzene rings is 1. The molecule has 1 atom stereocenters. The molecule has 2 aromatic rings. The number of nitrogens with one attached hydrogen (secondary N) is 2. The molecule has 168 valence electrons. The van der Waals surface area contributed by atoms with E-state index in [4.69, 9.17) is 0 Å². The molecule has 1 saturated carbocycles. The second kappa shape index (κ2) is 8.35. The first kappa shape index (κ1) is 21.2. The van der Waals surface area contributed by atoms with Gasteiger partial charge in [0.2, 0.25) is 5.91 Å². The Hall–Kier alpha value is -2.67. The van der Waals surface area contributed by atoms with E-state index in [0.29, 0.717) is 13.0 Å². The van der Waals surface area contributed by atoms with Gasteiger partial charge in [-0.05, 0) is 49.1 Å². The summed E-state index contributed by atoms with van der Waals surface area (Å²) in [6, 6.07) is 11.8. The number of carbonyl (C=O) groups is 3. The number of nitrogens with zero attached hydrogens (tertiary/aromatic N) is 1. The normalized spacial score (nSPS) is 24.3. The SMILES string of the molecule is O=C(CN1C(=O)NC2(CCCc3sccc32)C1=O)NCC1(c2ccccc2)CCCCC1. The fourth-order valence-corrected chi connectivity index (χ4v) is 6.74. The Bertz CT molecular complexity index is 1030. The van der Waals surface area contributed by atoms with Gasteiger partial charge in [-0.1, -0.05) is 49.6 Å². The van der Waals surface area contributed by atoms with Gasteiger partial charge in [0.15, 0.2) is 0 Å². The number of imide groups is 1. The minimum absolute atomic E-state index is 0.0807. The van der Waals surface area contributed by atoms with Crippen LogP contribution in [0.15, 0.2) is 41.8 Å². The number of fused-ring (bicyclic) bond motifs is 2. The molecule has 4 amide bonds. The molecule has 1 aromatic heterocycles. The summed E-state index contributed by atoms with van der Waals surface area (Å²) >= 11 is 1.62. The number of urea groups is 1. The molecule has 5 rings (SSSR count). The monoisotopic (exact) mass is 451 g/mol. The summed E-state index contributed by atoms with van der Waals surface area (Å²) in [4.78, 5) is 41.2. The van der Waals surface area contributed by atoms with Crippen molar-refractivity contribution in [2.75, 3.05) is 13.1 Å². The largest absolute Gasteiger partial charge is 0.354 e. The summed E-state index contributed by atoms with van der Waals surface area (Å²) < 4.78 is 0. The molecular weight excluding hydrogens is 422 g/mol. The lowest BCUT2D eigenvalue weighted by Gasteiger charge is -2.38. The smallest absolute Gasteiger partial charge is 0.325 e. The van der Waals surface area contributed by atoms with E-state index < -0.39 is 11.6 Å². The summed E-state index contributed by atoms with van der Waals surface area (Å²) in [7, 11) is 0. The van der Waals surface area contributed by atoms with Crippen LogP contribution in [0.2, 0.25) is 0 Å². The van der Waals surface area contributed by atoms with Crippen molar-refractivity contribution in [2.24, 2.45) is 0 Å². The van der Waals surface area contributed by atoms with Crippen LogP contribution in [-0.4, -0.2) is 35.8 Å². The number of aryl methyl sites for hydroxylation is 1. The van der Waals surface area contributed by atoms with Crippen molar-refractivity contribution in [3.8, 4) is 0 Å². The minimum Gasteiger partial charge on any atom is -0.354 e. The van der Waals surface area contributed by atoms with Gasteiger partial charge in [0, 0.05) is 22.4 Å². The number of hydrogen-bond donors (Lipinski definition) is 2. The van der Waals surface area contributed by atoms with Gasteiger partial charge in [0.05, 0.1) is 0 Å². The highest BCUT2D eigenvalue weighted by Crippen LogP contribution is 2.42. The first-order chi connectivity index (χ1) is 15.5. The Balaban J connectivity index is 1.29. The minimum atomic E-state index is -1.00. The maximum absolute atomic E-state index is 13.3. The Kier molecular flexibility index (Phi) is 5.53. The lowest BCUT2D eigenvalue weighted by Crippen LogP contribution is -2.48. The van der Waals surface area contributed by atoms with Crippen molar-refractivity contribution in [2.45, 2.75) is 62.3 Å². The molecule has 3 aliphatic rings. The molecule has 6 nitrogen and oxygen atoms in total. The van der Waals surface area contributed by atoms with Crippen LogP contribution in [0.3, 0.4) is 0 Å². The molecule has 1 unspecified atom stereocenters. The third kappa shape index (κ3) is 3.52. The quantitative estimate of drug-likeness (QED) is 0.678. The zero-order valence-corrected chi connectivity index (χ0v) is 19.0. The van der Waals surface area contributed by atoms with Crippen LogP contribution in [0.5, 0.6) is 0 Å². The van der Waals surface area contributed by atoms with Crippen molar-refractivity contribution >= 4 is 29.2 Å². The summed E-state index contributed by atoms with van der Waals surface area (Å²) in [5.41, 5.74) is 1.07. The summed E-state index contributed by atoms with van der Waals surface area (Å²) in [6.45, 7) is 0.288. The van der Waals surface area contributed by atoms with Crippen molar-refractivity contribution < 1.29 is 14.4 Å². The predicted molar refractivity (Wildman–Crippen MR) is 123 cm³/mol. The van der Waals surface area contributed by atoms with E-state index in [1.807, 2.05) is 29.6 Å². The van der Waals surface area contributed by atoms with E-state index in [9.17, 15) is 14.4 Å². The lowest BCUT2D eigenvalue weighted by atomic mass is 9.69. The van der Waals surface area contributed by atoms with Crippen molar-refractivity contribution in [1.29, 1.82) is 0 Å².